The summed E-state index contributed by atoms with van der Waals surface area (Å²) < 4.78 is 3.64. The lowest BCUT2D eigenvalue weighted by molar-refractivity contribution is 0.544. The topological polar surface area (TPSA) is 61.4 Å². The Hall–Kier alpha value is -3.28. The van der Waals surface area contributed by atoms with E-state index in [1.807, 2.05) is 23.0 Å². The van der Waals surface area contributed by atoms with Crippen LogP contribution in [-0.2, 0) is 13.1 Å². The molecule has 124 valence electrons. The van der Waals surface area contributed by atoms with Crippen molar-refractivity contribution in [3.8, 4) is 0 Å². The lowest BCUT2D eigenvalue weighted by Gasteiger charge is -2.17. The van der Waals surface area contributed by atoms with Crippen LogP contribution >= 0.6 is 0 Å². The first kappa shape index (κ1) is 15.3. The summed E-state index contributed by atoms with van der Waals surface area (Å²) in [5, 5.41) is 12.7. The van der Waals surface area contributed by atoms with Crippen LogP contribution in [0.1, 0.15) is 22.7 Å². The Balaban J connectivity index is 1.58. The normalized spacial score (nSPS) is 11.1. The maximum Gasteiger partial charge on any atom is 0.137 e. The molecule has 0 amide bonds. The number of hydrogen-bond donors (Lipinski definition) is 0. The van der Waals surface area contributed by atoms with E-state index in [1.165, 1.54) is 17.5 Å². The van der Waals surface area contributed by atoms with Crippen LogP contribution in [-0.4, -0.2) is 29.8 Å². The van der Waals surface area contributed by atoms with E-state index in [0.717, 1.165) is 12.2 Å². The van der Waals surface area contributed by atoms with E-state index in [2.05, 4.69) is 68.9 Å². The zero-order chi connectivity index (χ0) is 16.9. The van der Waals surface area contributed by atoms with Crippen LogP contribution in [0.2, 0.25) is 0 Å². The highest BCUT2D eigenvalue weighted by Crippen LogP contribution is 2.26. The molecule has 0 saturated heterocycles. The van der Waals surface area contributed by atoms with E-state index in [-0.39, 0.29) is 5.92 Å². The number of aromatic nitrogens is 6. The van der Waals surface area contributed by atoms with Gasteiger partial charge in [-0.25, -0.2) is 9.67 Å². The summed E-state index contributed by atoms with van der Waals surface area (Å²) in [6.45, 7) is 1.31. The molecular weight excluding hydrogens is 312 g/mol. The summed E-state index contributed by atoms with van der Waals surface area (Å²) in [5.74, 6) is 0.225. The Morgan fingerprint density at radius 1 is 0.840 bits per heavy atom. The van der Waals surface area contributed by atoms with Crippen molar-refractivity contribution in [3.05, 3.63) is 96.3 Å². The van der Waals surface area contributed by atoms with E-state index in [9.17, 15) is 0 Å². The molecular formula is C19H18N6. The molecule has 0 atom stereocenters. The summed E-state index contributed by atoms with van der Waals surface area (Å²) in [6, 6.07) is 21.0. The fourth-order valence-corrected chi connectivity index (χ4v) is 2.94. The minimum atomic E-state index is 0.225. The molecule has 6 heteroatoms. The van der Waals surface area contributed by atoms with Crippen LogP contribution in [0.15, 0.2) is 79.5 Å². The lowest BCUT2D eigenvalue weighted by Crippen LogP contribution is -2.11. The van der Waals surface area contributed by atoms with E-state index in [1.54, 1.807) is 11.0 Å². The highest BCUT2D eigenvalue weighted by Gasteiger charge is 2.15. The molecule has 0 radical (unpaired) electrons. The van der Waals surface area contributed by atoms with E-state index < -0.39 is 0 Å². The molecule has 4 aromatic rings. The van der Waals surface area contributed by atoms with Gasteiger partial charge in [0.1, 0.15) is 18.3 Å². The molecule has 2 heterocycles. The number of rotatable bonds is 6. The number of benzene rings is 2. The fourth-order valence-electron chi connectivity index (χ4n) is 2.94. The molecule has 6 nitrogen and oxygen atoms in total. The molecule has 4 rings (SSSR count). The van der Waals surface area contributed by atoms with Gasteiger partial charge < -0.3 is 0 Å². The summed E-state index contributed by atoms with van der Waals surface area (Å²) in [7, 11) is 0. The first-order chi connectivity index (χ1) is 12.4. The Labute approximate surface area is 145 Å². The van der Waals surface area contributed by atoms with Crippen molar-refractivity contribution in [1.29, 1.82) is 0 Å². The molecule has 0 aliphatic carbocycles. The zero-order valence-corrected chi connectivity index (χ0v) is 13.7. The summed E-state index contributed by atoms with van der Waals surface area (Å²) in [5.41, 5.74) is 3.40. The monoisotopic (exact) mass is 330 g/mol. The van der Waals surface area contributed by atoms with Crippen molar-refractivity contribution in [2.45, 2.75) is 19.0 Å². The van der Waals surface area contributed by atoms with Gasteiger partial charge in [-0.15, -0.1) is 5.10 Å². The van der Waals surface area contributed by atoms with Crippen LogP contribution in [0.3, 0.4) is 0 Å². The number of nitrogens with zero attached hydrogens (tertiary/aromatic N) is 6. The third kappa shape index (κ3) is 3.63. The van der Waals surface area contributed by atoms with E-state index in [4.69, 9.17) is 0 Å². The lowest BCUT2D eigenvalue weighted by atomic mass is 9.91. The van der Waals surface area contributed by atoms with Gasteiger partial charge in [0, 0.05) is 5.92 Å². The third-order valence-corrected chi connectivity index (χ3v) is 4.15. The Morgan fingerprint density at radius 3 is 2.12 bits per heavy atom. The molecule has 0 unspecified atom stereocenters. The van der Waals surface area contributed by atoms with Crippen molar-refractivity contribution < 1.29 is 0 Å². The molecule has 25 heavy (non-hydrogen) atoms. The van der Waals surface area contributed by atoms with Crippen molar-refractivity contribution in [2.24, 2.45) is 0 Å². The largest absolute Gasteiger partial charge is 0.251 e. The summed E-state index contributed by atoms with van der Waals surface area (Å²) in [4.78, 5) is 3.95. The van der Waals surface area contributed by atoms with Gasteiger partial charge in [-0.3, -0.25) is 4.68 Å². The van der Waals surface area contributed by atoms with Crippen molar-refractivity contribution in [2.75, 3.05) is 0 Å². The van der Waals surface area contributed by atoms with Gasteiger partial charge in [-0.05, 0) is 11.1 Å². The minimum Gasteiger partial charge on any atom is -0.251 e. The molecule has 0 N–H and O–H groups in total. The van der Waals surface area contributed by atoms with Gasteiger partial charge in [0.15, 0.2) is 0 Å². The Kier molecular flexibility index (Phi) is 4.33. The second-order valence-corrected chi connectivity index (χ2v) is 5.90. The smallest absolute Gasteiger partial charge is 0.137 e. The van der Waals surface area contributed by atoms with Gasteiger partial charge in [0.25, 0.3) is 0 Å². The Bertz CT molecular complexity index is 860. The van der Waals surface area contributed by atoms with Crippen molar-refractivity contribution in [3.63, 3.8) is 0 Å². The summed E-state index contributed by atoms with van der Waals surface area (Å²) in [6.07, 6.45) is 5.17. The van der Waals surface area contributed by atoms with Crippen LogP contribution in [0.5, 0.6) is 0 Å². The van der Waals surface area contributed by atoms with Crippen molar-refractivity contribution >= 4 is 0 Å². The average molecular weight is 330 g/mol. The van der Waals surface area contributed by atoms with Gasteiger partial charge in [0.2, 0.25) is 0 Å². The summed E-state index contributed by atoms with van der Waals surface area (Å²) >= 11 is 0. The van der Waals surface area contributed by atoms with Gasteiger partial charge in [-0.1, -0.05) is 65.9 Å². The molecule has 0 bridgehead atoms. The fraction of sp³-hybridized carbons (Fsp3) is 0.158. The van der Waals surface area contributed by atoms with Crippen LogP contribution < -0.4 is 0 Å². The maximum absolute atomic E-state index is 4.29. The van der Waals surface area contributed by atoms with Gasteiger partial charge >= 0.3 is 0 Å². The molecule has 0 spiro atoms. The molecule has 0 saturated carbocycles. The van der Waals surface area contributed by atoms with E-state index >= 15 is 0 Å². The zero-order valence-electron chi connectivity index (χ0n) is 13.7. The maximum atomic E-state index is 4.29. The SMILES string of the molecule is c1ccc(C(Cn2cc(Cn3cncn3)nn2)c2ccccc2)cc1. The first-order valence-corrected chi connectivity index (χ1v) is 8.20. The predicted molar refractivity (Wildman–Crippen MR) is 93.9 cm³/mol. The second kappa shape index (κ2) is 7.09. The highest BCUT2D eigenvalue weighted by atomic mass is 15.4. The standard InChI is InChI=1S/C19H18N6/c1-3-7-16(8-4-1)19(17-9-5-2-6-10-17)13-24-11-18(22-23-24)12-25-15-20-14-21-25/h1-11,14-15,19H,12-13H2. The van der Waals surface area contributed by atoms with Crippen molar-refractivity contribution in [1.82, 2.24) is 29.8 Å². The van der Waals surface area contributed by atoms with Crippen LogP contribution in [0, 0.1) is 0 Å². The molecule has 2 aromatic carbocycles. The van der Waals surface area contributed by atoms with Crippen LogP contribution in [0.4, 0.5) is 0 Å². The molecule has 0 fully saturated rings. The Morgan fingerprint density at radius 2 is 1.52 bits per heavy atom. The van der Waals surface area contributed by atoms with Crippen LogP contribution in [0.25, 0.3) is 0 Å². The average Bonchev–Trinajstić information content (AvgIpc) is 3.34. The predicted octanol–water partition coefficient (Wildman–Crippen LogP) is 2.75. The third-order valence-electron chi connectivity index (χ3n) is 4.15. The van der Waals surface area contributed by atoms with Gasteiger partial charge in [-0.2, -0.15) is 5.10 Å². The minimum absolute atomic E-state index is 0.225. The van der Waals surface area contributed by atoms with Gasteiger partial charge in [0.05, 0.1) is 19.3 Å². The second-order valence-electron chi connectivity index (χ2n) is 5.90. The number of hydrogen-bond acceptors (Lipinski definition) is 4. The molecule has 0 aliphatic rings. The quantitative estimate of drug-likeness (QED) is 0.545. The highest BCUT2D eigenvalue weighted by molar-refractivity contribution is 5.32. The van der Waals surface area contributed by atoms with E-state index in [0.29, 0.717) is 6.54 Å². The first-order valence-electron chi connectivity index (χ1n) is 8.20. The molecule has 2 aromatic heterocycles. The molecule has 0 aliphatic heterocycles.